The fourth-order valence-corrected chi connectivity index (χ4v) is 10.2. The van der Waals surface area contributed by atoms with Crippen LogP contribution in [0.4, 0.5) is 30.2 Å². The van der Waals surface area contributed by atoms with Crippen molar-refractivity contribution in [2.45, 2.75) is 64.1 Å². The number of fused-ring (bicyclic) bond motifs is 1. The van der Waals surface area contributed by atoms with E-state index in [1.54, 1.807) is 37.4 Å². The number of benzene rings is 3. The number of nitrogens with one attached hydrogen (secondary N) is 3. The lowest BCUT2D eigenvalue weighted by atomic mass is 9.72. The highest BCUT2D eigenvalue weighted by atomic mass is 32.2. The van der Waals surface area contributed by atoms with Gasteiger partial charge in [0, 0.05) is 75.2 Å². The second-order valence-electron chi connectivity index (χ2n) is 18.2. The van der Waals surface area contributed by atoms with Gasteiger partial charge in [0.1, 0.15) is 22.8 Å². The number of hydrogen-bond donors (Lipinski definition) is 3. The number of nitro benzene ring substituents is 1. The molecule has 2 aromatic heterocycles. The minimum atomic E-state index is -4.62. The predicted molar refractivity (Wildman–Crippen MR) is 250 cm³/mol. The van der Waals surface area contributed by atoms with Gasteiger partial charge in [-0.1, -0.05) is 32.4 Å². The first-order valence-electron chi connectivity index (χ1n) is 22.4. The van der Waals surface area contributed by atoms with Gasteiger partial charge in [0.05, 0.1) is 46.4 Å². The first-order valence-corrected chi connectivity index (χ1v) is 23.9. The minimum absolute atomic E-state index is 0.00901. The van der Waals surface area contributed by atoms with Crippen molar-refractivity contribution in [2.24, 2.45) is 5.41 Å². The van der Waals surface area contributed by atoms with E-state index in [-0.39, 0.29) is 28.5 Å². The number of aromatic nitrogens is 2. The van der Waals surface area contributed by atoms with Gasteiger partial charge in [-0.2, -0.15) is 13.2 Å². The molecule has 2 fully saturated rings. The third-order valence-corrected chi connectivity index (χ3v) is 14.3. The van der Waals surface area contributed by atoms with Crippen LogP contribution < -0.4 is 19.7 Å². The van der Waals surface area contributed by atoms with Gasteiger partial charge in [-0.05, 0) is 103 Å². The highest BCUT2D eigenvalue weighted by molar-refractivity contribution is 7.90. The number of carbonyl (C=O) groups is 1. The number of amides is 1. The number of nitrogens with zero attached hydrogens (tertiary/aromatic N) is 5. The molecule has 4 heterocycles. The third-order valence-electron chi connectivity index (χ3n) is 13.0. The molecule has 0 radical (unpaired) electrons. The Morgan fingerprint density at radius 1 is 1.04 bits per heavy atom. The van der Waals surface area contributed by atoms with Gasteiger partial charge < -0.3 is 24.7 Å². The highest BCUT2D eigenvalue weighted by Gasteiger charge is 2.34. The number of rotatable bonds is 14. The molecule has 2 saturated heterocycles. The molecule has 67 heavy (non-hydrogen) atoms. The van der Waals surface area contributed by atoms with Crippen molar-refractivity contribution < 1.29 is 40.8 Å². The number of likely N-dealkylation sites (N-methyl/N-ethyl adjacent to an activating group) is 1. The lowest BCUT2D eigenvalue weighted by Crippen LogP contribution is -2.48. The highest BCUT2D eigenvalue weighted by Crippen LogP contribution is 2.45. The van der Waals surface area contributed by atoms with E-state index in [9.17, 15) is 36.5 Å². The quantitative estimate of drug-likeness (QED) is 0.0715. The zero-order chi connectivity index (χ0) is 47.7. The molecule has 3 aliphatic rings. The molecule has 5 aromatic rings. The van der Waals surface area contributed by atoms with Crippen LogP contribution in [0.1, 0.15) is 67.1 Å². The Balaban J connectivity index is 1.00. The number of aryl methyl sites for hydroxylation is 1. The van der Waals surface area contributed by atoms with Crippen LogP contribution in [0.5, 0.6) is 11.5 Å². The van der Waals surface area contributed by atoms with E-state index in [4.69, 9.17) is 9.47 Å². The molecule has 0 unspecified atom stereocenters. The number of carbonyl (C=O) groups excluding carboxylic acids is 1. The number of allylic oxidation sites excluding steroid dienone is 1. The van der Waals surface area contributed by atoms with E-state index in [1.807, 2.05) is 13.0 Å². The van der Waals surface area contributed by atoms with Crippen molar-refractivity contribution in [3.63, 3.8) is 0 Å². The average Bonchev–Trinajstić information content (AvgIpc) is 3.77. The summed E-state index contributed by atoms with van der Waals surface area (Å²) in [6.45, 7) is 14.3. The number of alkyl halides is 3. The average molecular weight is 945 g/mol. The molecular formula is C48H55F3N8O7S. The first kappa shape index (κ1) is 47.5. The van der Waals surface area contributed by atoms with Crippen molar-refractivity contribution in [3.05, 3.63) is 117 Å². The zero-order valence-corrected chi connectivity index (χ0v) is 38.7. The second-order valence-corrected chi connectivity index (χ2v) is 19.9. The van der Waals surface area contributed by atoms with Crippen LogP contribution in [-0.2, 0) is 20.9 Å². The number of H-pyrrole nitrogens is 1. The molecule has 3 aromatic carbocycles. The number of aromatic amines is 1. The van der Waals surface area contributed by atoms with Crippen LogP contribution in [-0.4, -0.2) is 111 Å². The fourth-order valence-electron chi connectivity index (χ4n) is 9.22. The molecule has 1 atom stereocenters. The number of sulfonamides is 1. The molecular weight excluding hydrogens is 890 g/mol. The Morgan fingerprint density at radius 2 is 1.84 bits per heavy atom. The maximum Gasteiger partial charge on any atom is 0.416 e. The second kappa shape index (κ2) is 19.3. The zero-order valence-electron chi connectivity index (χ0n) is 37.9. The van der Waals surface area contributed by atoms with Crippen LogP contribution in [0.25, 0.3) is 16.6 Å². The maximum absolute atomic E-state index is 14.0. The van der Waals surface area contributed by atoms with Gasteiger partial charge in [0.2, 0.25) is 0 Å². The molecule has 356 valence electrons. The summed E-state index contributed by atoms with van der Waals surface area (Å²) in [6.07, 6.45) is 1.39. The number of hydrogen-bond acceptors (Lipinski definition) is 12. The SMILES string of the molecule is CCN1CCOC[C@H]1CNc1ccc(S(=O)(=O)NC(=O)c2ccc(N3CCN(CC4=C(c5ccc(C(F)(F)F)cc5C)CC(C)(C)CC4)CC3)cc2Oc2cnc3[nH]ccc3c2)cc1[N+](=O)[O-]. The molecule has 15 nitrogen and oxygen atoms in total. The largest absolute Gasteiger partial charge is 0.455 e. The number of ether oxygens (including phenoxy) is 2. The Bertz CT molecular complexity index is 2810. The molecule has 1 aliphatic carbocycles. The Kier molecular flexibility index (Phi) is 13.7. The summed E-state index contributed by atoms with van der Waals surface area (Å²) >= 11 is 0. The van der Waals surface area contributed by atoms with E-state index in [0.29, 0.717) is 69.4 Å². The van der Waals surface area contributed by atoms with Crippen molar-refractivity contribution in [1.29, 1.82) is 0 Å². The number of piperazine rings is 1. The van der Waals surface area contributed by atoms with Crippen LogP contribution in [0, 0.1) is 22.5 Å². The van der Waals surface area contributed by atoms with Crippen molar-refractivity contribution >= 4 is 49.6 Å². The topological polar surface area (TPSA) is 175 Å². The molecule has 3 N–H and O–H groups in total. The summed E-state index contributed by atoms with van der Waals surface area (Å²) in [5.74, 6) is -0.643. The lowest BCUT2D eigenvalue weighted by Gasteiger charge is -2.39. The molecule has 19 heteroatoms. The summed E-state index contributed by atoms with van der Waals surface area (Å²) < 4.78 is 82.2. The molecule has 1 amide bonds. The van der Waals surface area contributed by atoms with Crippen LogP contribution in [0.15, 0.2) is 89.6 Å². The van der Waals surface area contributed by atoms with Gasteiger partial charge in [-0.3, -0.25) is 24.7 Å². The third kappa shape index (κ3) is 10.9. The number of morpholine rings is 1. The smallest absolute Gasteiger partial charge is 0.416 e. The van der Waals surface area contributed by atoms with E-state index in [1.165, 1.54) is 42.1 Å². The Labute approximate surface area is 387 Å². The number of halogens is 3. The van der Waals surface area contributed by atoms with Gasteiger partial charge in [-0.25, -0.2) is 18.1 Å². The molecule has 2 aliphatic heterocycles. The monoisotopic (exact) mass is 944 g/mol. The summed E-state index contributed by atoms with van der Waals surface area (Å²) in [5.41, 5.74) is 4.10. The van der Waals surface area contributed by atoms with E-state index in [0.717, 1.165) is 60.6 Å². The van der Waals surface area contributed by atoms with E-state index in [2.05, 4.69) is 48.6 Å². The van der Waals surface area contributed by atoms with Gasteiger partial charge in [-0.15, -0.1) is 0 Å². The summed E-state index contributed by atoms with van der Waals surface area (Å²) in [4.78, 5) is 39.1. The number of anilines is 2. The Hall–Kier alpha value is -6.02. The van der Waals surface area contributed by atoms with Gasteiger partial charge >= 0.3 is 6.18 Å². The normalized spacial score (nSPS) is 18.6. The van der Waals surface area contributed by atoms with E-state index < -0.39 is 43.2 Å². The number of nitro groups is 1. The summed E-state index contributed by atoms with van der Waals surface area (Å²) in [7, 11) is -4.62. The van der Waals surface area contributed by atoms with E-state index >= 15 is 0 Å². The van der Waals surface area contributed by atoms with Gasteiger partial charge in [0.25, 0.3) is 21.6 Å². The molecule has 0 saturated carbocycles. The minimum Gasteiger partial charge on any atom is -0.455 e. The lowest BCUT2D eigenvalue weighted by molar-refractivity contribution is -0.384. The summed E-state index contributed by atoms with van der Waals surface area (Å²) in [5, 5.41) is 16.0. The summed E-state index contributed by atoms with van der Waals surface area (Å²) in [6, 6.07) is 15.9. The first-order chi connectivity index (χ1) is 31.9. The van der Waals surface area contributed by atoms with Crippen LogP contribution in [0.3, 0.4) is 0 Å². The van der Waals surface area contributed by atoms with Gasteiger partial charge in [0.15, 0.2) is 0 Å². The molecule has 0 bridgehead atoms. The number of pyridine rings is 1. The Morgan fingerprint density at radius 3 is 2.57 bits per heavy atom. The van der Waals surface area contributed by atoms with Crippen molar-refractivity contribution in [3.8, 4) is 11.5 Å². The fraction of sp³-hybridized carbons (Fsp3) is 0.417. The van der Waals surface area contributed by atoms with Crippen LogP contribution >= 0.6 is 0 Å². The van der Waals surface area contributed by atoms with Crippen molar-refractivity contribution in [1.82, 2.24) is 24.5 Å². The van der Waals surface area contributed by atoms with Crippen LogP contribution in [0.2, 0.25) is 0 Å². The standard InChI is InChI=1S/C48H55F3N8O7S/c1-5-57-20-21-65-30-36(57)27-53-42-11-8-38(25-43(42)59(61)62)67(63,64)55-46(60)40-10-7-35(24-44(40)66-37-23-32-13-15-52-45(32)54-28-37)58-18-16-56(17-19-58)29-33-12-14-47(3,4)26-41(33)39-9-6-34(22-31(39)2)48(49,50)51/h6-11,13,15,22-25,28,36,53H,5,12,14,16-21,26-27,29-30H2,1-4H3,(H,52,54)(H,55,60)/t36-/m1/s1. The molecule has 8 rings (SSSR count). The predicted octanol–water partition coefficient (Wildman–Crippen LogP) is 8.63. The van der Waals surface area contributed by atoms with Crippen molar-refractivity contribution in [2.75, 3.05) is 75.8 Å². The maximum atomic E-state index is 14.0. The molecule has 0 spiro atoms.